The second-order valence-electron chi connectivity index (χ2n) is 12.2. The first-order chi connectivity index (χ1) is 18.8. The number of carbonyl (C=O) groups excluding carboxylic acids is 2. The van der Waals surface area contributed by atoms with Crippen LogP contribution in [0.3, 0.4) is 0 Å². The standard InChI is InChI=1S/C33H66NO5/c1-5-7-9-11-13-15-16-18-19-21-23-25-32(36)38-30-31(29-34(3,4)27-28-35)39-33(37)26-24-22-20-17-14-12-10-8-6-2/h31,35H,5-30H2,1-4H3/q+1. The number of carbonyl (C=O) groups is 2. The molecule has 6 heteroatoms. The molecule has 0 fully saturated rings. The maximum absolute atomic E-state index is 12.5. The first-order valence-corrected chi connectivity index (χ1v) is 16.6. The molecule has 1 atom stereocenters. The van der Waals surface area contributed by atoms with E-state index in [4.69, 9.17) is 9.47 Å². The predicted octanol–water partition coefficient (Wildman–Crippen LogP) is 8.13. The molecule has 0 saturated heterocycles. The second-order valence-corrected chi connectivity index (χ2v) is 12.2. The zero-order valence-corrected chi connectivity index (χ0v) is 26.5. The average Bonchev–Trinajstić information content (AvgIpc) is 2.89. The number of unbranched alkanes of at least 4 members (excludes halogenated alkanes) is 18. The van der Waals surface area contributed by atoms with Crippen molar-refractivity contribution < 1.29 is 28.7 Å². The average molecular weight is 557 g/mol. The Morgan fingerprint density at radius 1 is 0.615 bits per heavy atom. The number of quaternary nitrogens is 1. The molecule has 6 nitrogen and oxygen atoms in total. The van der Waals surface area contributed by atoms with E-state index in [1.54, 1.807) is 0 Å². The number of rotatable bonds is 29. The summed E-state index contributed by atoms with van der Waals surface area (Å²) in [4.78, 5) is 24.8. The highest BCUT2D eigenvalue weighted by Gasteiger charge is 2.26. The Balaban J connectivity index is 4.16. The van der Waals surface area contributed by atoms with Crippen molar-refractivity contribution in [1.82, 2.24) is 0 Å². The van der Waals surface area contributed by atoms with Gasteiger partial charge in [0.25, 0.3) is 0 Å². The van der Waals surface area contributed by atoms with Gasteiger partial charge in [0.2, 0.25) is 0 Å². The van der Waals surface area contributed by atoms with Crippen LogP contribution in [0.2, 0.25) is 0 Å². The van der Waals surface area contributed by atoms with Gasteiger partial charge in [0.15, 0.2) is 6.10 Å². The van der Waals surface area contributed by atoms with Crippen LogP contribution in [0.15, 0.2) is 0 Å². The summed E-state index contributed by atoms with van der Waals surface area (Å²) in [6, 6.07) is 0. The minimum Gasteiger partial charge on any atom is -0.461 e. The van der Waals surface area contributed by atoms with Gasteiger partial charge in [0.05, 0.1) is 20.7 Å². The second kappa shape index (κ2) is 27.1. The van der Waals surface area contributed by atoms with Crippen molar-refractivity contribution in [2.45, 2.75) is 161 Å². The molecule has 0 saturated carbocycles. The Hall–Kier alpha value is -1.14. The SMILES string of the molecule is CCCCCCCCCCCCCC(=O)OCC(C[N+](C)(C)CCO)OC(=O)CCCCCCCCCCC. The summed E-state index contributed by atoms with van der Waals surface area (Å²) in [6.45, 7) is 5.70. The third kappa shape index (κ3) is 26.8. The van der Waals surface area contributed by atoms with Crippen molar-refractivity contribution in [3.63, 3.8) is 0 Å². The number of nitrogens with zero attached hydrogens (tertiary/aromatic N) is 1. The minimum absolute atomic E-state index is 0.0603. The van der Waals surface area contributed by atoms with Crippen LogP contribution in [-0.2, 0) is 19.1 Å². The molecule has 1 N–H and O–H groups in total. The van der Waals surface area contributed by atoms with Gasteiger partial charge >= 0.3 is 11.9 Å². The van der Waals surface area contributed by atoms with E-state index in [1.165, 1.54) is 103 Å². The van der Waals surface area contributed by atoms with E-state index in [0.29, 0.717) is 30.4 Å². The lowest BCUT2D eigenvalue weighted by atomic mass is 10.1. The number of likely N-dealkylation sites (N-methyl/N-ethyl adjacent to an activating group) is 1. The van der Waals surface area contributed by atoms with Gasteiger partial charge in [-0.1, -0.05) is 129 Å². The van der Waals surface area contributed by atoms with E-state index >= 15 is 0 Å². The molecule has 0 aromatic heterocycles. The van der Waals surface area contributed by atoms with Crippen molar-refractivity contribution in [3.05, 3.63) is 0 Å². The fourth-order valence-corrected chi connectivity index (χ4v) is 5.05. The highest BCUT2D eigenvalue weighted by atomic mass is 16.6. The molecule has 39 heavy (non-hydrogen) atoms. The summed E-state index contributed by atoms with van der Waals surface area (Å²) in [6.07, 6.45) is 24.9. The molecule has 1 unspecified atom stereocenters. The van der Waals surface area contributed by atoms with Crippen LogP contribution in [0.5, 0.6) is 0 Å². The van der Waals surface area contributed by atoms with Crippen LogP contribution in [-0.4, -0.2) is 68.0 Å². The lowest BCUT2D eigenvalue weighted by molar-refractivity contribution is -0.893. The summed E-state index contributed by atoms with van der Waals surface area (Å²) in [5.41, 5.74) is 0. The number of hydrogen-bond donors (Lipinski definition) is 1. The van der Waals surface area contributed by atoms with Crippen LogP contribution >= 0.6 is 0 Å². The molecule has 0 radical (unpaired) electrons. The van der Waals surface area contributed by atoms with Gasteiger partial charge in [-0.15, -0.1) is 0 Å². The Bertz CT molecular complexity index is 566. The van der Waals surface area contributed by atoms with E-state index in [9.17, 15) is 14.7 Å². The highest BCUT2D eigenvalue weighted by molar-refractivity contribution is 5.70. The van der Waals surface area contributed by atoms with Gasteiger partial charge in [0, 0.05) is 12.8 Å². The minimum atomic E-state index is -0.487. The van der Waals surface area contributed by atoms with E-state index in [0.717, 1.165) is 25.7 Å². The zero-order chi connectivity index (χ0) is 29.0. The summed E-state index contributed by atoms with van der Waals surface area (Å²) in [7, 11) is 3.98. The molecule has 0 aliphatic rings. The van der Waals surface area contributed by atoms with E-state index in [2.05, 4.69) is 13.8 Å². The fourth-order valence-electron chi connectivity index (χ4n) is 5.05. The summed E-state index contributed by atoms with van der Waals surface area (Å²) in [5.74, 6) is -0.424. The van der Waals surface area contributed by atoms with E-state index in [1.807, 2.05) is 14.1 Å². The normalized spacial score (nSPS) is 12.4. The summed E-state index contributed by atoms with van der Waals surface area (Å²) in [5, 5.41) is 9.39. The van der Waals surface area contributed by atoms with E-state index in [-0.39, 0.29) is 25.2 Å². The summed E-state index contributed by atoms with van der Waals surface area (Å²) < 4.78 is 11.8. The first-order valence-electron chi connectivity index (χ1n) is 16.6. The van der Waals surface area contributed by atoms with Crippen molar-refractivity contribution >= 4 is 11.9 Å². The van der Waals surface area contributed by atoms with E-state index < -0.39 is 6.10 Å². The van der Waals surface area contributed by atoms with Crippen LogP contribution in [0.1, 0.15) is 155 Å². The molecule has 0 heterocycles. The zero-order valence-electron chi connectivity index (χ0n) is 26.5. The number of ether oxygens (including phenoxy) is 2. The quantitative estimate of drug-likeness (QED) is 0.0572. The van der Waals surface area contributed by atoms with Crippen LogP contribution in [0.25, 0.3) is 0 Å². The predicted molar refractivity (Wildman–Crippen MR) is 163 cm³/mol. The van der Waals surface area contributed by atoms with Gasteiger partial charge in [-0.25, -0.2) is 0 Å². The number of hydrogen-bond acceptors (Lipinski definition) is 5. The topological polar surface area (TPSA) is 72.8 Å². The van der Waals surface area contributed by atoms with Gasteiger partial charge in [-0.05, 0) is 12.8 Å². The Morgan fingerprint density at radius 2 is 1.00 bits per heavy atom. The molecular formula is C33H66NO5+. The molecule has 0 aromatic carbocycles. The third-order valence-corrected chi connectivity index (χ3v) is 7.60. The number of aliphatic hydroxyl groups excluding tert-OH is 1. The Kier molecular flexibility index (Phi) is 26.3. The van der Waals surface area contributed by atoms with Gasteiger partial charge < -0.3 is 19.1 Å². The van der Waals surface area contributed by atoms with Gasteiger partial charge in [0.1, 0.15) is 19.7 Å². The maximum atomic E-state index is 12.5. The lowest BCUT2D eigenvalue weighted by Gasteiger charge is -2.32. The van der Waals surface area contributed by atoms with Crippen molar-refractivity contribution in [2.24, 2.45) is 0 Å². The summed E-state index contributed by atoms with van der Waals surface area (Å²) >= 11 is 0. The number of aliphatic hydroxyl groups is 1. The lowest BCUT2D eigenvalue weighted by Crippen LogP contribution is -2.49. The maximum Gasteiger partial charge on any atom is 0.306 e. The smallest absolute Gasteiger partial charge is 0.306 e. The molecule has 0 bridgehead atoms. The van der Waals surface area contributed by atoms with Crippen LogP contribution in [0.4, 0.5) is 0 Å². The fraction of sp³-hybridized carbons (Fsp3) is 0.939. The van der Waals surface area contributed by atoms with Crippen molar-refractivity contribution in [1.29, 1.82) is 0 Å². The Morgan fingerprint density at radius 3 is 1.41 bits per heavy atom. The van der Waals surface area contributed by atoms with Crippen LogP contribution in [0, 0.1) is 0 Å². The monoisotopic (exact) mass is 556 g/mol. The van der Waals surface area contributed by atoms with Gasteiger partial charge in [-0.2, -0.15) is 0 Å². The van der Waals surface area contributed by atoms with Crippen molar-refractivity contribution in [3.8, 4) is 0 Å². The molecule has 0 aliphatic carbocycles. The number of esters is 2. The molecular weight excluding hydrogens is 490 g/mol. The third-order valence-electron chi connectivity index (χ3n) is 7.60. The first kappa shape index (κ1) is 37.9. The largest absolute Gasteiger partial charge is 0.461 e. The van der Waals surface area contributed by atoms with Crippen LogP contribution < -0.4 is 0 Å². The molecule has 0 rings (SSSR count). The highest BCUT2D eigenvalue weighted by Crippen LogP contribution is 2.14. The van der Waals surface area contributed by atoms with Crippen molar-refractivity contribution in [2.75, 3.05) is 40.4 Å². The molecule has 0 spiro atoms. The van der Waals surface area contributed by atoms with Gasteiger partial charge in [-0.3, -0.25) is 9.59 Å². The molecule has 0 amide bonds. The molecule has 0 aromatic rings. The molecule has 232 valence electrons. The molecule has 0 aliphatic heterocycles. The Labute approximate surface area is 242 Å².